The molecule has 0 radical (unpaired) electrons. The van der Waals surface area contributed by atoms with Crippen LogP contribution in [0.2, 0.25) is 0 Å². The second-order valence-corrected chi connectivity index (χ2v) is 6.85. The highest BCUT2D eigenvalue weighted by molar-refractivity contribution is 5.96. The minimum absolute atomic E-state index is 0.202. The lowest BCUT2D eigenvalue weighted by atomic mass is 10.2. The number of para-hydroxylation sites is 1. The van der Waals surface area contributed by atoms with Crippen LogP contribution in [0.5, 0.6) is 5.75 Å². The molecule has 0 unspecified atom stereocenters. The van der Waals surface area contributed by atoms with Crippen LogP contribution in [0.3, 0.4) is 0 Å². The van der Waals surface area contributed by atoms with Crippen molar-refractivity contribution in [3.63, 3.8) is 0 Å². The molecule has 7 nitrogen and oxygen atoms in total. The first-order chi connectivity index (χ1) is 13.4. The average Bonchev–Trinajstić information content (AvgIpc) is 3.00. The van der Waals surface area contributed by atoms with Crippen LogP contribution in [0.15, 0.2) is 60.7 Å². The van der Waals surface area contributed by atoms with E-state index in [2.05, 4.69) is 23.4 Å². The van der Waals surface area contributed by atoms with Crippen molar-refractivity contribution in [1.82, 2.24) is 14.4 Å². The van der Waals surface area contributed by atoms with Crippen LogP contribution in [0.25, 0.3) is 10.9 Å². The molecule has 0 bridgehead atoms. The Kier molecular flexibility index (Phi) is 5.75. The number of aryl methyl sites for hydroxylation is 1. The van der Waals surface area contributed by atoms with Crippen molar-refractivity contribution in [1.29, 1.82) is 0 Å². The Bertz CT molecular complexity index is 950. The van der Waals surface area contributed by atoms with Crippen molar-refractivity contribution in [2.24, 2.45) is 12.8 Å². The Balaban J connectivity index is 1.91. The third kappa shape index (κ3) is 4.04. The van der Waals surface area contributed by atoms with Gasteiger partial charge in [-0.25, -0.2) is 4.79 Å². The summed E-state index contributed by atoms with van der Waals surface area (Å²) in [6.07, 6.45) is 5.16. The summed E-state index contributed by atoms with van der Waals surface area (Å²) in [6.45, 7) is 7.37. The predicted molar refractivity (Wildman–Crippen MR) is 110 cm³/mol. The van der Waals surface area contributed by atoms with Crippen LogP contribution >= 0.6 is 0 Å². The summed E-state index contributed by atoms with van der Waals surface area (Å²) in [5, 5.41) is 10.2. The number of aromatic carboxylic acids is 1. The standard InChI is InChI=1S/C21H26N4O3/c1-4-6-16(14-19(22)25-11-9-23(2)10-12-25)28-18-8-5-7-15-13-17(21(26)27)24(3)20(15)18/h4-8,13-14H,1,9-12,22H2,2-3H3,(H,26,27)/b16-6+,19-14+. The van der Waals surface area contributed by atoms with E-state index in [-0.39, 0.29) is 5.69 Å². The lowest BCUT2D eigenvalue weighted by Crippen LogP contribution is -2.45. The number of carbonyl (C=O) groups is 1. The fourth-order valence-corrected chi connectivity index (χ4v) is 3.32. The van der Waals surface area contributed by atoms with Crippen molar-refractivity contribution in [2.45, 2.75) is 0 Å². The number of hydrogen-bond acceptors (Lipinski definition) is 5. The molecule has 0 amide bonds. The second kappa shape index (κ2) is 8.22. The summed E-state index contributed by atoms with van der Waals surface area (Å²) < 4.78 is 7.72. The van der Waals surface area contributed by atoms with Gasteiger partial charge in [0.1, 0.15) is 17.3 Å². The van der Waals surface area contributed by atoms with Gasteiger partial charge >= 0.3 is 5.97 Å². The first kappa shape index (κ1) is 19.6. The number of nitrogens with zero attached hydrogens (tertiary/aromatic N) is 3. The van der Waals surface area contributed by atoms with Gasteiger partial charge in [0.2, 0.25) is 0 Å². The van der Waals surface area contributed by atoms with Gasteiger partial charge in [0.25, 0.3) is 0 Å². The number of carboxylic acid groups (broad SMARTS) is 1. The molecule has 3 rings (SSSR count). The van der Waals surface area contributed by atoms with Gasteiger partial charge in [0.05, 0.1) is 5.52 Å². The molecule has 1 aliphatic rings. The second-order valence-electron chi connectivity index (χ2n) is 6.85. The molecule has 1 aromatic heterocycles. The molecule has 28 heavy (non-hydrogen) atoms. The number of fused-ring (bicyclic) bond motifs is 1. The number of piperazine rings is 1. The molecule has 0 spiro atoms. The van der Waals surface area contributed by atoms with Gasteiger partial charge in [-0.2, -0.15) is 0 Å². The molecule has 0 aliphatic carbocycles. The average molecular weight is 382 g/mol. The van der Waals surface area contributed by atoms with E-state index >= 15 is 0 Å². The van der Waals surface area contributed by atoms with Gasteiger partial charge in [-0.3, -0.25) is 0 Å². The van der Waals surface area contributed by atoms with Gasteiger partial charge < -0.3 is 29.9 Å². The summed E-state index contributed by atoms with van der Waals surface area (Å²) in [5.74, 6) is 0.747. The van der Waals surface area contributed by atoms with Crippen LogP contribution in [-0.4, -0.2) is 58.7 Å². The number of benzene rings is 1. The third-order valence-electron chi connectivity index (χ3n) is 4.91. The number of carboxylic acids is 1. The lowest BCUT2D eigenvalue weighted by Gasteiger charge is -2.34. The molecule has 0 saturated carbocycles. The zero-order valence-corrected chi connectivity index (χ0v) is 16.3. The molecule has 2 heterocycles. The Labute approximate surface area is 164 Å². The highest BCUT2D eigenvalue weighted by Gasteiger charge is 2.17. The van der Waals surface area contributed by atoms with Crippen LogP contribution < -0.4 is 10.5 Å². The van der Waals surface area contributed by atoms with Gasteiger partial charge in [0, 0.05) is 44.7 Å². The minimum Gasteiger partial charge on any atom is -0.477 e. The van der Waals surface area contributed by atoms with Gasteiger partial charge in [0.15, 0.2) is 5.75 Å². The maximum absolute atomic E-state index is 11.4. The molecule has 0 atom stereocenters. The Morgan fingerprint density at radius 3 is 2.61 bits per heavy atom. The number of likely N-dealkylation sites (N-methyl/N-ethyl adjacent to an activating group) is 1. The minimum atomic E-state index is -0.981. The van der Waals surface area contributed by atoms with Crippen LogP contribution in [0, 0.1) is 0 Å². The van der Waals surface area contributed by atoms with Gasteiger partial charge in [-0.05, 0) is 25.3 Å². The summed E-state index contributed by atoms with van der Waals surface area (Å²) in [6, 6.07) is 7.14. The molecule has 1 saturated heterocycles. The van der Waals surface area contributed by atoms with Crippen molar-refractivity contribution in [2.75, 3.05) is 33.2 Å². The fourth-order valence-electron chi connectivity index (χ4n) is 3.32. The zero-order chi connectivity index (χ0) is 20.3. The Morgan fingerprint density at radius 1 is 1.25 bits per heavy atom. The summed E-state index contributed by atoms with van der Waals surface area (Å²) in [5.41, 5.74) is 7.21. The van der Waals surface area contributed by atoms with Crippen molar-refractivity contribution in [3.05, 3.63) is 66.3 Å². The summed E-state index contributed by atoms with van der Waals surface area (Å²) in [7, 11) is 3.80. The largest absolute Gasteiger partial charge is 0.477 e. The fraction of sp³-hybridized carbons (Fsp3) is 0.286. The summed E-state index contributed by atoms with van der Waals surface area (Å²) in [4.78, 5) is 15.8. The highest BCUT2D eigenvalue weighted by Crippen LogP contribution is 2.30. The maximum atomic E-state index is 11.4. The molecule has 1 aromatic carbocycles. The lowest BCUT2D eigenvalue weighted by molar-refractivity contribution is 0.0687. The molecule has 3 N–H and O–H groups in total. The Hall–Kier alpha value is -3.19. The number of allylic oxidation sites excluding steroid dienone is 3. The zero-order valence-electron chi connectivity index (χ0n) is 16.3. The smallest absolute Gasteiger partial charge is 0.352 e. The number of nitrogens with two attached hydrogens (primary N) is 1. The monoisotopic (exact) mass is 382 g/mol. The van der Waals surface area contributed by atoms with E-state index in [1.165, 1.54) is 0 Å². The van der Waals surface area contributed by atoms with E-state index < -0.39 is 5.97 Å². The first-order valence-corrected chi connectivity index (χ1v) is 9.13. The van der Waals surface area contributed by atoms with E-state index in [1.807, 2.05) is 18.2 Å². The maximum Gasteiger partial charge on any atom is 0.352 e. The molecule has 1 fully saturated rings. The molecule has 2 aromatic rings. The Morgan fingerprint density at radius 2 is 1.96 bits per heavy atom. The van der Waals surface area contributed by atoms with Crippen LogP contribution in [0.1, 0.15) is 10.5 Å². The van der Waals surface area contributed by atoms with E-state index in [0.717, 1.165) is 31.6 Å². The number of hydrogen-bond donors (Lipinski definition) is 2. The highest BCUT2D eigenvalue weighted by atomic mass is 16.5. The molecule has 7 heteroatoms. The number of ether oxygens (including phenoxy) is 1. The molecular weight excluding hydrogens is 356 g/mol. The van der Waals surface area contributed by atoms with Crippen LogP contribution in [-0.2, 0) is 7.05 Å². The predicted octanol–water partition coefficient (Wildman–Crippen LogP) is 2.37. The SMILES string of the molecule is C=C/C=C(\C=C(/N)N1CCN(C)CC1)Oc1cccc2cc(C(=O)O)n(C)c12. The van der Waals surface area contributed by atoms with Gasteiger partial charge in [-0.15, -0.1) is 0 Å². The topological polar surface area (TPSA) is 84.0 Å². The molecular formula is C21H26N4O3. The van der Waals surface area contributed by atoms with Crippen LogP contribution in [0.4, 0.5) is 0 Å². The summed E-state index contributed by atoms with van der Waals surface area (Å²) >= 11 is 0. The molecule has 148 valence electrons. The van der Waals surface area contributed by atoms with E-state index in [0.29, 0.717) is 22.8 Å². The molecule has 1 aliphatic heterocycles. The van der Waals surface area contributed by atoms with E-state index in [4.69, 9.17) is 10.5 Å². The first-order valence-electron chi connectivity index (χ1n) is 9.13. The third-order valence-corrected chi connectivity index (χ3v) is 4.91. The van der Waals surface area contributed by atoms with Gasteiger partial charge in [-0.1, -0.05) is 24.8 Å². The number of aromatic nitrogens is 1. The normalized spacial score (nSPS) is 16.4. The number of rotatable bonds is 6. The van der Waals surface area contributed by atoms with E-state index in [9.17, 15) is 9.90 Å². The quantitative estimate of drug-likeness (QED) is 0.589. The van der Waals surface area contributed by atoms with Crippen molar-refractivity contribution < 1.29 is 14.6 Å². The van der Waals surface area contributed by atoms with E-state index in [1.54, 1.807) is 35.9 Å². The van der Waals surface area contributed by atoms with Crippen molar-refractivity contribution >= 4 is 16.9 Å². The van der Waals surface area contributed by atoms with Crippen molar-refractivity contribution in [3.8, 4) is 5.75 Å².